The summed E-state index contributed by atoms with van der Waals surface area (Å²) in [7, 11) is 0. The third-order valence-corrected chi connectivity index (χ3v) is 2.18. The molecule has 1 aromatic carbocycles. The second-order valence-electron chi connectivity index (χ2n) is 2.80. The predicted octanol–water partition coefficient (Wildman–Crippen LogP) is 2.15. The van der Waals surface area contributed by atoms with Crippen molar-refractivity contribution in [3.8, 4) is 0 Å². The molecule has 0 spiro atoms. The standard InChI is InChI=1S/C8H7ClN2O4/c9-5-8(11(14)15)6-1-3-7(4-2-6)10(12)13/h1-4,8H,5H2/t8-/m0/s1. The minimum atomic E-state index is -1.02. The van der Waals surface area contributed by atoms with Crippen molar-refractivity contribution in [2.75, 3.05) is 5.88 Å². The van der Waals surface area contributed by atoms with Gasteiger partial charge >= 0.3 is 0 Å². The van der Waals surface area contributed by atoms with E-state index in [0.717, 1.165) is 0 Å². The van der Waals surface area contributed by atoms with Crippen molar-refractivity contribution >= 4 is 17.3 Å². The van der Waals surface area contributed by atoms with Crippen molar-refractivity contribution in [2.45, 2.75) is 6.04 Å². The summed E-state index contributed by atoms with van der Waals surface area (Å²) in [5, 5.41) is 20.9. The first-order chi connectivity index (χ1) is 7.06. The van der Waals surface area contributed by atoms with Gasteiger partial charge < -0.3 is 0 Å². The van der Waals surface area contributed by atoms with E-state index in [2.05, 4.69) is 0 Å². The molecule has 0 fully saturated rings. The molecule has 1 atom stereocenters. The van der Waals surface area contributed by atoms with E-state index in [0.29, 0.717) is 5.56 Å². The Morgan fingerprint density at radius 3 is 2.07 bits per heavy atom. The highest BCUT2D eigenvalue weighted by atomic mass is 35.5. The Balaban J connectivity index is 2.97. The predicted molar refractivity (Wildman–Crippen MR) is 53.6 cm³/mol. The normalized spacial score (nSPS) is 12.1. The van der Waals surface area contributed by atoms with E-state index in [9.17, 15) is 20.2 Å². The van der Waals surface area contributed by atoms with E-state index >= 15 is 0 Å². The Hall–Kier alpha value is -1.69. The Morgan fingerprint density at radius 2 is 1.73 bits per heavy atom. The molecule has 0 aliphatic heterocycles. The van der Waals surface area contributed by atoms with E-state index in [4.69, 9.17) is 11.6 Å². The monoisotopic (exact) mass is 230 g/mol. The topological polar surface area (TPSA) is 86.3 Å². The van der Waals surface area contributed by atoms with Crippen LogP contribution in [0, 0.1) is 20.2 Å². The Kier molecular flexibility index (Phi) is 3.56. The molecule has 0 heterocycles. The summed E-state index contributed by atoms with van der Waals surface area (Å²) in [6.45, 7) is 0. The number of hydrogen-bond donors (Lipinski definition) is 0. The highest BCUT2D eigenvalue weighted by molar-refractivity contribution is 6.18. The number of hydrogen-bond acceptors (Lipinski definition) is 4. The molecule has 0 aliphatic rings. The Morgan fingerprint density at radius 1 is 1.20 bits per heavy atom. The molecule has 0 amide bonds. The molecule has 0 bridgehead atoms. The largest absolute Gasteiger partial charge is 0.269 e. The zero-order valence-electron chi connectivity index (χ0n) is 7.50. The number of rotatable bonds is 4. The average molecular weight is 231 g/mol. The van der Waals surface area contributed by atoms with Crippen LogP contribution in [0.2, 0.25) is 0 Å². The molecule has 0 aromatic heterocycles. The van der Waals surface area contributed by atoms with Crippen LogP contribution in [0.25, 0.3) is 0 Å². The first kappa shape index (κ1) is 11.4. The van der Waals surface area contributed by atoms with Crippen molar-refractivity contribution in [1.29, 1.82) is 0 Å². The van der Waals surface area contributed by atoms with Crippen LogP contribution in [-0.4, -0.2) is 15.7 Å². The maximum atomic E-state index is 10.5. The number of benzene rings is 1. The lowest BCUT2D eigenvalue weighted by Crippen LogP contribution is -2.11. The van der Waals surface area contributed by atoms with Crippen LogP contribution in [0.15, 0.2) is 24.3 Å². The minimum Gasteiger partial charge on any atom is -0.264 e. The molecule has 0 saturated carbocycles. The maximum Gasteiger partial charge on any atom is 0.269 e. The molecule has 0 N–H and O–H groups in total. The van der Waals surface area contributed by atoms with Gasteiger partial charge in [0.25, 0.3) is 11.7 Å². The summed E-state index contributed by atoms with van der Waals surface area (Å²) in [6, 6.07) is 4.10. The summed E-state index contributed by atoms with van der Waals surface area (Å²) in [5.41, 5.74) is 0.260. The number of halogens is 1. The van der Waals surface area contributed by atoms with Crippen molar-refractivity contribution in [3.05, 3.63) is 50.1 Å². The van der Waals surface area contributed by atoms with Gasteiger partial charge in [0.05, 0.1) is 10.8 Å². The molecule has 6 nitrogen and oxygen atoms in total. The lowest BCUT2D eigenvalue weighted by molar-refractivity contribution is -0.523. The molecular weight excluding hydrogens is 224 g/mol. The van der Waals surface area contributed by atoms with Crippen molar-refractivity contribution in [3.63, 3.8) is 0 Å². The number of nitro benzene ring substituents is 1. The molecular formula is C8H7ClN2O4. The van der Waals surface area contributed by atoms with Gasteiger partial charge in [0.15, 0.2) is 0 Å². The molecule has 15 heavy (non-hydrogen) atoms. The van der Waals surface area contributed by atoms with Crippen LogP contribution in [0.4, 0.5) is 5.69 Å². The van der Waals surface area contributed by atoms with Crippen molar-refractivity contribution < 1.29 is 9.85 Å². The fourth-order valence-corrected chi connectivity index (χ4v) is 1.38. The smallest absolute Gasteiger partial charge is 0.264 e. The van der Waals surface area contributed by atoms with Crippen LogP contribution in [-0.2, 0) is 0 Å². The summed E-state index contributed by atoms with van der Waals surface area (Å²) in [4.78, 5) is 19.8. The SMILES string of the molecule is O=[N+]([O-])c1ccc([C@H](CCl)[N+](=O)[O-])cc1. The molecule has 1 aromatic rings. The fourth-order valence-electron chi connectivity index (χ4n) is 1.09. The van der Waals surface area contributed by atoms with Crippen molar-refractivity contribution in [1.82, 2.24) is 0 Å². The van der Waals surface area contributed by atoms with Gasteiger partial charge in [-0.1, -0.05) is 0 Å². The molecule has 0 unspecified atom stereocenters. The Labute approximate surface area is 89.8 Å². The number of nitrogens with zero attached hydrogens (tertiary/aromatic N) is 2. The zero-order chi connectivity index (χ0) is 11.4. The lowest BCUT2D eigenvalue weighted by Gasteiger charge is -2.05. The van der Waals surface area contributed by atoms with Gasteiger partial charge in [-0.15, -0.1) is 11.6 Å². The van der Waals surface area contributed by atoms with Crippen LogP contribution in [0.1, 0.15) is 11.6 Å². The first-order valence-electron chi connectivity index (χ1n) is 4.00. The van der Waals surface area contributed by atoms with Crippen molar-refractivity contribution in [2.24, 2.45) is 0 Å². The molecule has 0 saturated heterocycles. The van der Waals surface area contributed by atoms with Gasteiger partial charge in [0.1, 0.15) is 0 Å². The first-order valence-corrected chi connectivity index (χ1v) is 4.53. The number of nitro groups is 2. The van der Waals surface area contributed by atoms with Gasteiger partial charge in [-0.05, 0) is 12.1 Å². The minimum absolute atomic E-state index is 0.101. The van der Waals surface area contributed by atoms with E-state index in [1.165, 1.54) is 24.3 Å². The second-order valence-corrected chi connectivity index (χ2v) is 3.11. The van der Waals surface area contributed by atoms with Crippen LogP contribution >= 0.6 is 11.6 Å². The number of non-ortho nitro benzene ring substituents is 1. The van der Waals surface area contributed by atoms with Gasteiger partial charge in [-0.2, -0.15) is 0 Å². The second kappa shape index (κ2) is 4.70. The van der Waals surface area contributed by atoms with Gasteiger partial charge in [-0.25, -0.2) is 0 Å². The van der Waals surface area contributed by atoms with E-state index in [1.54, 1.807) is 0 Å². The van der Waals surface area contributed by atoms with E-state index < -0.39 is 15.9 Å². The van der Waals surface area contributed by atoms with E-state index in [-0.39, 0.29) is 11.6 Å². The Bertz CT molecular complexity index is 379. The molecule has 1 rings (SSSR count). The molecule has 80 valence electrons. The lowest BCUT2D eigenvalue weighted by atomic mass is 10.1. The summed E-state index contributed by atoms with van der Waals surface area (Å²) in [6.07, 6.45) is 0. The van der Waals surface area contributed by atoms with Crippen LogP contribution < -0.4 is 0 Å². The van der Waals surface area contributed by atoms with Gasteiger partial charge in [0.2, 0.25) is 0 Å². The summed E-state index contributed by atoms with van der Waals surface area (Å²) in [5.74, 6) is -0.162. The molecule has 7 heteroatoms. The summed E-state index contributed by atoms with van der Waals surface area (Å²) >= 11 is 5.42. The zero-order valence-corrected chi connectivity index (χ0v) is 8.26. The number of alkyl halides is 1. The average Bonchev–Trinajstić information content (AvgIpc) is 2.19. The highest BCUT2D eigenvalue weighted by Gasteiger charge is 2.21. The van der Waals surface area contributed by atoms with Crippen LogP contribution in [0.5, 0.6) is 0 Å². The third kappa shape index (κ3) is 2.63. The maximum absolute atomic E-state index is 10.5. The molecule has 0 radical (unpaired) electrons. The van der Waals surface area contributed by atoms with E-state index in [1.807, 2.05) is 0 Å². The van der Waals surface area contributed by atoms with Gasteiger partial charge in [-0.3, -0.25) is 20.2 Å². The highest BCUT2D eigenvalue weighted by Crippen LogP contribution is 2.20. The quantitative estimate of drug-likeness (QED) is 0.450. The molecule has 0 aliphatic carbocycles. The fraction of sp³-hybridized carbons (Fsp3) is 0.250. The summed E-state index contributed by atoms with van der Waals surface area (Å²) < 4.78 is 0. The van der Waals surface area contributed by atoms with Crippen LogP contribution in [0.3, 0.4) is 0 Å². The third-order valence-electron chi connectivity index (χ3n) is 1.89. The van der Waals surface area contributed by atoms with Gasteiger partial charge in [0, 0.05) is 22.6 Å².